The van der Waals surface area contributed by atoms with Gasteiger partial charge in [0.2, 0.25) is 5.88 Å². The largest absolute Gasteiger partial charge is 0.496 e. The Bertz CT molecular complexity index is 561. The Balaban J connectivity index is 2.19. The first-order valence-corrected chi connectivity index (χ1v) is 6.18. The second-order valence-corrected chi connectivity index (χ2v) is 4.24. The van der Waals surface area contributed by atoms with E-state index in [9.17, 15) is 0 Å². The van der Waals surface area contributed by atoms with Crippen LogP contribution in [0, 0.1) is 0 Å². The van der Waals surface area contributed by atoms with Crippen LogP contribution >= 0.6 is 11.6 Å². The van der Waals surface area contributed by atoms with Crippen molar-refractivity contribution in [1.82, 2.24) is 4.98 Å². The van der Waals surface area contributed by atoms with Gasteiger partial charge in [-0.15, -0.1) is 0 Å². The zero-order chi connectivity index (χ0) is 13.7. The van der Waals surface area contributed by atoms with E-state index in [1.165, 1.54) is 0 Å². The molecule has 0 fully saturated rings. The highest BCUT2D eigenvalue weighted by molar-refractivity contribution is 6.31. The molecule has 1 heterocycles. The number of hydrogen-bond donors (Lipinski definition) is 1. The number of nitrogens with zero attached hydrogens (tertiary/aromatic N) is 1. The molecule has 4 nitrogen and oxygen atoms in total. The third kappa shape index (κ3) is 3.09. The van der Waals surface area contributed by atoms with Crippen LogP contribution in [0.4, 0.5) is 5.69 Å². The van der Waals surface area contributed by atoms with Gasteiger partial charge in [0.05, 0.1) is 19.9 Å². The van der Waals surface area contributed by atoms with Gasteiger partial charge in [-0.05, 0) is 24.3 Å². The van der Waals surface area contributed by atoms with Crippen molar-refractivity contribution in [1.29, 1.82) is 0 Å². The average molecular weight is 279 g/mol. The summed E-state index contributed by atoms with van der Waals surface area (Å²) >= 11 is 6.18. The monoisotopic (exact) mass is 278 g/mol. The van der Waals surface area contributed by atoms with Gasteiger partial charge in [-0.1, -0.05) is 17.7 Å². The van der Waals surface area contributed by atoms with E-state index in [0.717, 1.165) is 17.0 Å². The summed E-state index contributed by atoms with van der Waals surface area (Å²) < 4.78 is 10.5. The molecule has 0 atom stereocenters. The standard InChI is InChI=1S/C14H15ClN2O2/c1-18-13-7-3-5-11(15)10(13)9-17-12-6-4-8-16-14(12)19-2/h3-8,17H,9H2,1-2H3. The van der Waals surface area contributed by atoms with Crippen molar-refractivity contribution >= 4 is 17.3 Å². The first-order valence-electron chi connectivity index (χ1n) is 5.80. The van der Waals surface area contributed by atoms with Crippen LogP contribution in [0.2, 0.25) is 5.02 Å². The SMILES string of the molecule is COc1cccc(Cl)c1CNc1cccnc1OC. The maximum atomic E-state index is 6.18. The van der Waals surface area contributed by atoms with Gasteiger partial charge in [0.25, 0.3) is 0 Å². The number of methoxy groups -OCH3 is 2. The second kappa shape index (κ2) is 6.29. The number of anilines is 1. The third-order valence-electron chi connectivity index (χ3n) is 2.72. The molecule has 1 aromatic heterocycles. The van der Waals surface area contributed by atoms with E-state index in [0.29, 0.717) is 17.4 Å². The minimum atomic E-state index is 0.533. The van der Waals surface area contributed by atoms with Gasteiger partial charge in [0.15, 0.2) is 0 Å². The van der Waals surface area contributed by atoms with E-state index in [1.54, 1.807) is 20.4 Å². The highest BCUT2D eigenvalue weighted by atomic mass is 35.5. The molecular weight excluding hydrogens is 264 g/mol. The summed E-state index contributed by atoms with van der Waals surface area (Å²) in [6.07, 6.45) is 1.68. The molecule has 0 unspecified atom stereocenters. The Morgan fingerprint density at radius 1 is 1.16 bits per heavy atom. The second-order valence-electron chi connectivity index (χ2n) is 3.83. The molecule has 100 valence electrons. The number of benzene rings is 1. The Labute approximate surface area is 117 Å². The van der Waals surface area contributed by atoms with Crippen LogP contribution in [0.1, 0.15) is 5.56 Å². The number of rotatable bonds is 5. The predicted molar refractivity (Wildman–Crippen MR) is 76.1 cm³/mol. The van der Waals surface area contributed by atoms with Gasteiger partial charge >= 0.3 is 0 Å². The van der Waals surface area contributed by atoms with E-state index >= 15 is 0 Å². The van der Waals surface area contributed by atoms with Crippen molar-refractivity contribution < 1.29 is 9.47 Å². The summed E-state index contributed by atoms with van der Waals surface area (Å²) in [5.74, 6) is 1.30. The molecule has 2 aromatic rings. The highest BCUT2D eigenvalue weighted by Gasteiger charge is 2.09. The lowest BCUT2D eigenvalue weighted by atomic mass is 10.2. The first-order chi connectivity index (χ1) is 9.26. The Morgan fingerprint density at radius 2 is 2.00 bits per heavy atom. The summed E-state index contributed by atoms with van der Waals surface area (Å²) in [5, 5.41) is 3.91. The Kier molecular flexibility index (Phi) is 4.47. The van der Waals surface area contributed by atoms with Gasteiger partial charge in [-0.25, -0.2) is 4.98 Å². The zero-order valence-corrected chi connectivity index (χ0v) is 11.6. The smallest absolute Gasteiger partial charge is 0.237 e. The van der Waals surface area contributed by atoms with Crippen LogP contribution in [0.15, 0.2) is 36.5 Å². The van der Waals surface area contributed by atoms with E-state index in [4.69, 9.17) is 21.1 Å². The van der Waals surface area contributed by atoms with Crippen LogP contribution in [-0.2, 0) is 6.54 Å². The molecule has 19 heavy (non-hydrogen) atoms. The quantitative estimate of drug-likeness (QED) is 0.911. The summed E-state index contributed by atoms with van der Waals surface area (Å²) in [6.45, 7) is 0.533. The molecule has 0 aliphatic heterocycles. The van der Waals surface area contributed by atoms with Crippen molar-refractivity contribution in [3.8, 4) is 11.6 Å². The molecule has 0 aliphatic rings. The number of hydrogen-bond acceptors (Lipinski definition) is 4. The number of aromatic nitrogens is 1. The van der Waals surface area contributed by atoms with Crippen LogP contribution in [-0.4, -0.2) is 19.2 Å². The number of ether oxygens (including phenoxy) is 2. The summed E-state index contributed by atoms with van der Waals surface area (Å²) in [7, 11) is 3.21. The Morgan fingerprint density at radius 3 is 2.74 bits per heavy atom. The fraction of sp³-hybridized carbons (Fsp3) is 0.214. The lowest BCUT2D eigenvalue weighted by Crippen LogP contribution is -2.04. The number of pyridine rings is 1. The van der Waals surface area contributed by atoms with Crippen LogP contribution < -0.4 is 14.8 Å². The molecule has 0 bridgehead atoms. The minimum Gasteiger partial charge on any atom is -0.496 e. The topological polar surface area (TPSA) is 43.4 Å². The maximum Gasteiger partial charge on any atom is 0.237 e. The van der Waals surface area contributed by atoms with Crippen molar-refractivity contribution in [3.05, 3.63) is 47.1 Å². The van der Waals surface area contributed by atoms with Crippen molar-refractivity contribution in [2.24, 2.45) is 0 Å². The fourth-order valence-corrected chi connectivity index (χ4v) is 2.01. The molecule has 1 aromatic carbocycles. The van der Waals surface area contributed by atoms with Crippen LogP contribution in [0.5, 0.6) is 11.6 Å². The van der Waals surface area contributed by atoms with E-state index in [1.807, 2.05) is 30.3 Å². The van der Waals surface area contributed by atoms with Crippen molar-refractivity contribution in [2.45, 2.75) is 6.54 Å². The fourth-order valence-electron chi connectivity index (χ4n) is 1.77. The summed E-state index contributed by atoms with van der Waals surface area (Å²) in [4.78, 5) is 4.13. The molecule has 0 spiro atoms. The molecule has 2 rings (SSSR count). The molecule has 0 saturated heterocycles. The maximum absolute atomic E-state index is 6.18. The van der Waals surface area contributed by atoms with Crippen molar-refractivity contribution in [3.63, 3.8) is 0 Å². The van der Waals surface area contributed by atoms with E-state index in [2.05, 4.69) is 10.3 Å². The van der Waals surface area contributed by atoms with Gasteiger partial charge in [0.1, 0.15) is 5.75 Å². The summed E-state index contributed by atoms with van der Waals surface area (Å²) in [5.41, 5.74) is 1.71. The lowest BCUT2D eigenvalue weighted by molar-refractivity contribution is 0.399. The predicted octanol–water partition coefficient (Wildman–Crippen LogP) is 3.36. The highest BCUT2D eigenvalue weighted by Crippen LogP contribution is 2.28. The average Bonchev–Trinajstić information content (AvgIpc) is 2.46. The van der Waals surface area contributed by atoms with Gasteiger partial charge in [-0.2, -0.15) is 0 Å². The first kappa shape index (κ1) is 13.5. The van der Waals surface area contributed by atoms with E-state index < -0.39 is 0 Å². The van der Waals surface area contributed by atoms with Gasteiger partial charge < -0.3 is 14.8 Å². The van der Waals surface area contributed by atoms with Gasteiger partial charge in [0, 0.05) is 23.3 Å². The third-order valence-corrected chi connectivity index (χ3v) is 3.07. The van der Waals surface area contributed by atoms with Gasteiger partial charge in [-0.3, -0.25) is 0 Å². The molecule has 0 radical (unpaired) electrons. The Hall–Kier alpha value is -1.94. The normalized spacial score (nSPS) is 10.1. The molecule has 0 saturated carbocycles. The lowest BCUT2D eigenvalue weighted by Gasteiger charge is -2.13. The number of halogens is 1. The molecule has 1 N–H and O–H groups in total. The zero-order valence-electron chi connectivity index (χ0n) is 10.8. The number of nitrogens with one attached hydrogen (secondary N) is 1. The minimum absolute atomic E-state index is 0.533. The van der Waals surface area contributed by atoms with Crippen molar-refractivity contribution in [2.75, 3.05) is 19.5 Å². The molecule has 5 heteroatoms. The van der Waals surface area contributed by atoms with Crippen LogP contribution in [0.3, 0.4) is 0 Å². The molecule has 0 amide bonds. The molecular formula is C14H15ClN2O2. The van der Waals surface area contributed by atoms with E-state index in [-0.39, 0.29) is 0 Å². The van der Waals surface area contributed by atoms with Crippen LogP contribution in [0.25, 0.3) is 0 Å². The summed E-state index contributed by atoms with van der Waals surface area (Å²) in [6, 6.07) is 9.31. The molecule has 0 aliphatic carbocycles.